The minimum atomic E-state index is -4.83. The molecule has 10 heteroatoms. The molecule has 2 saturated carbocycles. The van der Waals surface area contributed by atoms with Crippen molar-refractivity contribution in [1.82, 2.24) is 0 Å². The minimum absolute atomic E-state index is 0.114. The highest BCUT2D eigenvalue weighted by Crippen LogP contribution is 2.69. The lowest BCUT2D eigenvalue weighted by molar-refractivity contribution is -0.395. The van der Waals surface area contributed by atoms with Gasteiger partial charge in [0.2, 0.25) is 5.75 Å². The van der Waals surface area contributed by atoms with Crippen LogP contribution in [0.25, 0.3) is 6.08 Å². The predicted molar refractivity (Wildman–Crippen MR) is 168 cm³/mol. The van der Waals surface area contributed by atoms with Gasteiger partial charge in [0.1, 0.15) is 5.92 Å². The zero-order valence-corrected chi connectivity index (χ0v) is 26.8. The number of allylic oxidation sites excluding steroid dienone is 5. The minimum Gasteiger partial charge on any atom is -0.493 e. The molecule has 2 aliphatic carbocycles. The van der Waals surface area contributed by atoms with Crippen molar-refractivity contribution in [3.8, 4) is 17.2 Å². The van der Waals surface area contributed by atoms with Gasteiger partial charge < -0.3 is 36.9 Å². The maximum Gasteiger partial charge on any atom is 0.932 e. The fourth-order valence-electron chi connectivity index (χ4n) is 8.00. The summed E-state index contributed by atoms with van der Waals surface area (Å²) in [5.74, 6) is -0.771. The number of aliphatic hydroxyl groups excluding tert-OH is 1. The number of hydrogen-bond acceptors (Lipinski definition) is 6. The van der Waals surface area contributed by atoms with Crippen molar-refractivity contribution in [3.63, 3.8) is 0 Å². The van der Waals surface area contributed by atoms with Gasteiger partial charge in [0.15, 0.2) is 17.3 Å². The van der Waals surface area contributed by atoms with Crippen molar-refractivity contribution in [3.05, 3.63) is 60.7 Å². The summed E-state index contributed by atoms with van der Waals surface area (Å²) in [6.07, 6.45) is 7.01. The molecule has 2 bridgehead atoms. The van der Waals surface area contributed by atoms with E-state index in [1.807, 2.05) is 27.7 Å². The summed E-state index contributed by atoms with van der Waals surface area (Å²) >= 11 is 0. The lowest BCUT2D eigenvalue weighted by Gasteiger charge is -2.69. The van der Waals surface area contributed by atoms with E-state index in [-0.39, 0.29) is 30.3 Å². The number of Topliss-reactive ketones (excluding diaryl/α,β-unsaturated/α-hetero) is 1. The van der Waals surface area contributed by atoms with E-state index >= 15 is 8.63 Å². The Balaban J connectivity index is 1.93. The molecule has 3 unspecified atom stereocenters. The first-order valence-corrected chi connectivity index (χ1v) is 15.0. The Kier molecular flexibility index (Phi) is 9.39. The van der Waals surface area contributed by atoms with Crippen LogP contribution in [-0.2, 0) is 13.8 Å². The van der Waals surface area contributed by atoms with Gasteiger partial charge >= 0.3 is 7.11 Å². The Bertz CT molecular complexity index is 1370. The summed E-state index contributed by atoms with van der Waals surface area (Å²) in [5.41, 5.74) is -1.65. The van der Waals surface area contributed by atoms with Crippen molar-refractivity contribution >= 4 is 24.7 Å². The number of halogens is 2. The smallest absolute Gasteiger partial charge is 0.493 e. The molecule has 6 atom stereocenters. The fourth-order valence-corrected chi connectivity index (χ4v) is 8.00. The van der Waals surface area contributed by atoms with E-state index < -0.39 is 41.5 Å². The number of ketones is 2. The number of fused-ring (bicyclic) bond motifs is 4. The number of benzene rings is 1. The zero-order chi connectivity index (χ0) is 32.7. The highest BCUT2D eigenvalue weighted by molar-refractivity contribution is 6.50. The molecule has 2 fully saturated rings. The molecule has 0 aromatic heterocycles. The summed E-state index contributed by atoms with van der Waals surface area (Å²) in [7, 11) is -0.399. The zero-order valence-electron chi connectivity index (χ0n) is 26.8. The van der Waals surface area contributed by atoms with Gasteiger partial charge in [-0.25, -0.2) is 0 Å². The molecule has 1 N–H and O–H groups in total. The summed E-state index contributed by atoms with van der Waals surface area (Å²) in [6.45, 7) is 15.8. The average molecular weight is 615 g/mol. The number of rotatable bonds is 11. The van der Waals surface area contributed by atoms with Crippen molar-refractivity contribution < 1.29 is 41.7 Å². The molecule has 0 spiro atoms. The van der Waals surface area contributed by atoms with E-state index in [1.165, 1.54) is 27.4 Å². The van der Waals surface area contributed by atoms with E-state index in [4.69, 9.17) is 23.2 Å². The summed E-state index contributed by atoms with van der Waals surface area (Å²) in [5, 5.41) is 12.3. The molecule has 0 amide bonds. The normalized spacial score (nSPS) is 31.9. The summed E-state index contributed by atoms with van der Waals surface area (Å²) in [4.78, 5) is 14.7. The monoisotopic (exact) mass is 614 g/mol. The number of carbonyl (C=O) groups is 1. The van der Waals surface area contributed by atoms with E-state index in [0.717, 1.165) is 5.57 Å². The van der Waals surface area contributed by atoms with Crippen LogP contribution in [0, 0.1) is 28.1 Å². The van der Waals surface area contributed by atoms with Crippen LogP contribution in [0.3, 0.4) is 0 Å². The van der Waals surface area contributed by atoms with Gasteiger partial charge in [0, 0.05) is 11.5 Å². The Hall–Kier alpha value is -3.24. The van der Waals surface area contributed by atoms with Gasteiger partial charge in [-0.2, -0.15) is 0 Å². The van der Waals surface area contributed by atoms with Crippen molar-refractivity contribution in [2.45, 2.75) is 65.6 Å². The molecule has 1 aromatic carbocycles. The van der Waals surface area contributed by atoms with Gasteiger partial charge in [0.25, 0.3) is 5.78 Å². The van der Waals surface area contributed by atoms with E-state index in [9.17, 15) is 9.90 Å². The molecule has 44 heavy (non-hydrogen) atoms. The van der Waals surface area contributed by atoms with Crippen molar-refractivity contribution in [1.29, 1.82) is 0 Å². The topological polar surface area (TPSA) is 85.5 Å². The average Bonchev–Trinajstić information content (AvgIpc) is 2.96. The standard InChI is InChI=1S/C34H45BF2O7/c1-10-16-33-20-23(14-12-21(3)4)32(5,6)34(17-11-2,31(33)39)30-27(29(33)38)24(43-35(36,37)44-30)15-13-22-18-25(40-7)28(42-9)26(19-22)41-8/h10-13,15,18-19,23,27,30-31,39H,1-2,14,16-17,20H2,3-9H3/b15-13+/t23-,27?,30?,31?,33-,34+/m1/s1. The number of ether oxygens (including phenoxy) is 3. The highest BCUT2D eigenvalue weighted by atomic mass is 19.3. The Morgan fingerprint density at radius 2 is 1.70 bits per heavy atom. The Labute approximate surface area is 259 Å². The van der Waals surface area contributed by atoms with E-state index in [2.05, 4.69) is 19.2 Å². The summed E-state index contributed by atoms with van der Waals surface area (Å²) < 4.78 is 57.9. The van der Waals surface area contributed by atoms with Crippen LogP contribution in [0.2, 0.25) is 0 Å². The van der Waals surface area contributed by atoms with Crippen LogP contribution in [0.4, 0.5) is 8.63 Å². The van der Waals surface area contributed by atoms with Gasteiger partial charge in [-0.1, -0.05) is 37.6 Å². The van der Waals surface area contributed by atoms with Crippen LogP contribution >= 0.6 is 0 Å². The van der Waals surface area contributed by atoms with E-state index in [1.54, 1.807) is 30.4 Å². The second kappa shape index (κ2) is 12.3. The quantitative estimate of drug-likeness (QED) is 0.0983. The van der Waals surface area contributed by atoms with Crippen LogP contribution in [-0.4, -0.2) is 57.3 Å². The Morgan fingerprint density at radius 1 is 1.09 bits per heavy atom. The number of aliphatic hydroxyl groups is 1. The number of hydrogen-bond donors (Lipinski definition) is 1. The number of carbonyl (C=O) groups excluding carboxylic acids is 2. The lowest BCUT2D eigenvalue weighted by atomic mass is 9.36. The molecule has 7 nitrogen and oxygen atoms in total. The van der Waals surface area contributed by atoms with Crippen LogP contribution in [0.1, 0.15) is 58.9 Å². The third-order valence-corrected chi connectivity index (χ3v) is 10.2. The first-order valence-electron chi connectivity index (χ1n) is 15.0. The third kappa shape index (κ3) is 5.24. The lowest BCUT2D eigenvalue weighted by Crippen LogP contribution is -2.77. The van der Waals surface area contributed by atoms with Crippen LogP contribution < -0.4 is 14.2 Å². The molecule has 240 valence electrons. The fraction of sp³-hybridized carbons (Fsp3) is 0.529. The third-order valence-electron chi connectivity index (χ3n) is 10.2. The van der Waals surface area contributed by atoms with Gasteiger partial charge in [-0.05, 0) is 74.6 Å². The van der Waals surface area contributed by atoms with Gasteiger partial charge in [-0.3, -0.25) is 4.79 Å². The predicted octanol–water partition coefficient (Wildman–Crippen LogP) is 6.69. The Morgan fingerprint density at radius 3 is 2.23 bits per heavy atom. The molecule has 3 aliphatic rings. The van der Waals surface area contributed by atoms with Crippen LogP contribution in [0.15, 0.2) is 55.2 Å². The SMILES string of the molecule is C=CC[C@@]12C[C@@H](CC=C(C)C)C(C)(C)[C@@](CC=C)(C3O[B-](F)(F)[O+]=C(/C=C/c4cc(OC)c(OC)c(OC)c4)C3C1=O)C2O. The second-order valence-corrected chi connectivity index (χ2v) is 13.0. The molecule has 1 heterocycles. The molecule has 1 aliphatic heterocycles. The van der Waals surface area contributed by atoms with Gasteiger partial charge in [-0.15, -0.1) is 13.2 Å². The van der Waals surface area contributed by atoms with E-state index in [0.29, 0.717) is 35.7 Å². The first-order chi connectivity index (χ1) is 20.7. The van der Waals surface area contributed by atoms with Crippen molar-refractivity contribution in [2.24, 2.45) is 28.1 Å². The maximum absolute atomic E-state index is 15.5. The highest BCUT2D eigenvalue weighted by Gasteiger charge is 2.77. The second-order valence-electron chi connectivity index (χ2n) is 13.0. The number of methoxy groups -OCH3 is 3. The van der Waals surface area contributed by atoms with Crippen molar-refractivity contribution in [2.75, 3.05) is 21.3 Å². The maximum atomic E-state index is 15.5. The van der Waals surface area contributed by atoms with Crippen LogP contribution in [0.5, 0.6) is 17.2 Å². The first kappa shape index (κ1) is 33.7. The molecular weight excluding hydrogens is 569 g/mol. The molecule has 0 radical (unpaired) electrons. The molecule has 4 rings (SSSR count). The molecule has 0 saturated heterocycles. The van der Waals surface area contributed by atoms with Gasteiger partial charge in [0.05, 0.1) is 39.0 Å². The largest absolute Gasteiger partial charge is 0.932 e. The molecular formula is C34H45BF2O7. The molecule has 1 aromatic rings. The summed E-state index contributed by atoms with van der Waals surface area (Å²) in [6, 6.07) is 3.32.